The highest BCUT2D eigenvalue weighted by atomic mass is 16.5. The summed E-state index contributed by atoms with van der Waals surface area (Å²) in [6, 6.07) is 22.0. The molecule has 0 aliphatic carbocycles. The normalized spacial score (nSPS) is 11.5. The third-order valence-corrected chi connectivity index (χ3v) is 3.91. The monoisotopic (exact) mass is 315 g/mol. The molecule has 0 bridgehead atoms. The molecule has 3 nitrogen and oxygen atoms in total. The Morgan fingerprint density at radius 3 is 2.54 bits per heavy atom. The third kappa shape index (κ3) is 2.76. The van der Waals surface area contributed by atoms with Gasteiger partial charge in [-0.1, -0.05) is 18.2 Å². The van der Waals surface area contributed by atoms with E-state index in [1.807, 2.05) is 67.7 Å². The largest absolute Gasteiger partial charge is 0.494 e. The first-order chi connectivity index (χ1) is 11.8. The summed E-state index contributed by atoms with van der Waals surface area (Å²) in [5.41, 5.74) is 3.73. The SMILES string of the molecule is CCOc1ccc(C=Nc2ccc3oc4ccccc4c3c2)cc1. The number of fused-ring (bicyclic) bond motifs is 3. The number of benzene rings is 3. The molecule has 118 valence electrons. The number of ether oxygens (including phenoxy) is 1. The number of hydrogen-bond donors (Lipinski definition) is 0. The van der Waals surface area contributed by atoms with Crippen LogP contribution in [-0.2, 0) is 0 Å². The summed E-state index contributed by atoms with van der Waals surface area (Å²) >= 11 is 0. The molecule has 1 aromatic heterocycles. The molecule has 0 amide bonds. The predicted molar refractivity (Wildman–Crippen MR) is 98.6 cm³/mol. The lowest BCUT2D eigenvalue weighted by Gasteiger charge is -2.02. The number of furan rings is 1. The van der Waals surface area contributed by atoms with Crippen molar-refractivity contribution in [2.75, 3.05) is 6.61 Å². The molecule has 0 fully saturated rings. The topological polar surface area (TPSA) is 34.7 Å². The van der Waals surface area contributed by atoms with Crippen LogP contribution < -0.4 is 4.74 Å². The highest BCUT2D eigenvalue weighted by Gasteiger charge is 2.06. The Morgan fingerprint density at radius 2 is 1.71 bits per heavy atom. The number of rotatable bonds is 4. The number of hydrogen-bond acceptors (Lipinski definition) is 3. The zero-order valence-corrected chi connectivity index (χ0v) is 13.4. The van der Waals surface area contributed by atoms with E-state index in [2.05, 4.69) is 17.1 Å². The van der Waals surface area contributed by atoms with Crippen molar-refractivity contribution < 1.29 is 9.15 Å². The van der Waals surface area contributed by atoms with Crippen molar-refractivity contribution in [3.8, 4) is 5.75 Å². The van der Waals surface area contributed by atoms with Gasteiger partial charge in [-0.25, -0.2) is 0 Å². The van der Waals surface area contributed by atoms with Crippen LogP contribution in [0.3, 0.4) is 0 Å². The maximum atomic E-state index is 5.84. The minimum Gasteiger partial charge on any atom is -0.494 e. The molecule has 24 heavy (non-hydrogen) atoms. The van der Waals surface area contributed by atoms with E-state index in [0.29, 0.717) is 6.61 Å². The number of para-hydroxylation sites is 1. The average molecular weight is 315 g/mol. The summed E-state index contributed by atoms with van der Waals surface area (Å²) in [5, 5.41) is 2.21. The molecule has 3 aromatic carbocycles. The van der Waals surface area contributed by atoms with E-state index < -0.39 is 0 Å². The van der Waals surface area contributed by atoms with Crippen molar-refractivity contribution in [3.63, 3.8) is 0 Å². The molecular weight excluding hydrogens is 298 g/mol. The van der Waals surface area contributed by atoms with Crippen molar-refractivity contribution in [1.82, 2.24) is 0 Å². The molecule has 0 aliphatic rings. The average Bonchev–Trinajstić information content (AvgIpc) is 2.99. The maximum Gasteiger partial charge on any atom is 0.135 e. The standard InChI is InChI=1S/C21H17NO2/c1-2-23-17-10-7-15(8-11-17)14-22-16-9-12-21-19(13-16)18-5-3-4-6-20(18)24-21/h3-14H,2H2,1H3. The molecule has 0 aliphatic heterocycles. The highest BCUT2D eigenvalue weighted by molar-refractivity contribution is 6.05. The van der Waals surface area contributed by atoms with Gasteiger partial charge >= 0.3 is 0 Å². The molecule has 3 heteroatoms. The first-order valence-corrected chi connectivity index (χ1v) is 8.02. The summed E-state index contributed by atoms with van der Waals surface area (Å²) in [4.78, 5) is 4.58. The lowest BCUT2D eigenvalue weighted by molar-refractivity contribution is 0.340. The van der Waals surface area contributed by atoms with Gasteiger partial charge in [0.2, 0.25) is 0 Å². The number of nitrogens with zero attached hydrogens (tertiary/aromatic N) is 1. The van der Waals surface area contributed by atoms with E-state index in [1.54, 1.807) is 0 Å². The van der Waals surface area contributed by atoms with Crippen molar-refractivity contribution in [1.29, 1.82) is 0 Å². The fourth-order valence-corrected chi connectivity index (χ4v) is 2.76. The first-order valence-electron chi connectivity index (χ1n) is 8.02. The van der Waals surface area contributed by atoms with Gasteiger partial charge in [0.15, 0.2) is 0 Å². The third-order valence-electron chi connectivity index (χ3n) is 3.91. The van der Waals surface area contributed by atoms with Crippen molar-refractivity contribution in [3.05, 3.63) is 72.3 Å². The van der Waals surface area contributed by atoms with Crippen LogP contribution in [0.15, 0.2) is 76.1 Å². The quantitative estimate of drug-likeness (QED) is 0.450. The zero-order chi connectivity index (χ0) is 16.4. The van der Waals surface area contributed by atoms with Crippen LogP contribution in [0.1, 0.15) is 12.5 Å². The summed E-state index contributed by atoms with van der Waals surface area (Å²) < 4.78 is 11.3. The van der Waals surface area contributed by atoms with Crippen molar-refractivity contribution in [2.45, 2.75) is 6.92 Å². The van der Waals surface area contributed by atoms with Gasteiger partial charge in [-0.3, -0.25) is 4.99 Å². The second kappa shape index (κ2) is 6.20. The molecule has 0 saturated carbocycles. The van der Waals surface area contributed by atoms with Gasteiger partial charge in [0.05, 0.1) is 12.3 Å². The Morgan fingerprint density at radius 1 is 0.917 bits per heavy atom. The van der Waals surface area contributed by atoms with Crippen LogP contribution in [0.5, 0.6) is 5.75 Å². The Balaban J connectivity index is 1.65. The molecule has 4 aromatic rings. The fraction of sp³-hybridized carbons (Fsp3) is 0.0952. The van der Waals surface area contributed by atoms with Gasteiger partial charge in [-0.15, -0.1) is 0 Å². The summed E-state index contributed by atoms with van der Waals surface area (Å²) in [6.45, 7) is 2.65. The Hall–Kier alpha value is -3.07. The molecular formula is C21H17NO2. The Bertz CT molecular complexity index is 1010. The van der Waals surface area contributed by atoms with Crippen LogP contribution >= 0.6 is 0 Å². The second-order valence-corrected chi connectivity index (χ2v) is 5.54. The zero-order valence-electron chi connectivity index (χ0n) is 13.4. The van der Waals surface area contributed by atoms with E-state index >= 15 is 0 Å². The van der Waals surface area contributed by atoms with Gasteiger partial charge in [0.25, 0.3) is 0 Å². The molecule has 0 spiro atoms. The highest BCUT2D eigenvalue weighted by Crippen LogP contribution is 2.31. The molecule has 0 atom stereocenters. The fourth-order valence-electron chi connectivity index (χ4n) is 2.76. The second-order valence-electron chi connectivity index (χ2n) is 5.54. The van der Waals surface area contributed by atoms with E-state index in [0.717, 1.165) is 38.9 Å². The molecule has 0 saturated heterocycles. The lowest BCUT2D eigenvalue weighted by Crippen LogP contribution is -1.91. The summed E-state index contributed by atoms with van der Waals surface area (Å²) in [6.07, 6.45) is 1.86. The smallest absolute Gasteiger partial charge is 0.135 e. The van der Waals surface area contributed by atoms with E-state index in [4.69, 9.17) is 9.15 Å². The summed E-state index contributed by atoms with van der Waals surface area (Å²) in [7, 11) is 0. The Kier molecular flexibility index (Phi) is 3.75. The van der Waals surface area contributed by atoms with Crippen molar-refractivity contribution in [2.24, 2.45) is 4.99 Å². The van der Waals surface area contributed by atoms with Crippen LogP contribution in [0, 0.1) is 0 Å². The van der Waals surface area contributed by atoms with Crippen LogP contribution in [0.2, 0.25) is 0 Å². The molecule has 1 heterocycles. The van der Waals surface area contributed by atoms with Crippen LogP contribution in [0.25, 0.3) is 21.9 Å². The summed E-state index contributed by atoms with van der Waals surface area (Å²) in [5.74, 6) is 0.876. The lowest BCUT2D eigenvalue weighted by atomic mass is 10.1. The molecule has 0 unspecified atom stereocenters. The van der Waals surface area contributed by atoms with Crippen LogP contribution in [-0.4, -0.2) is 12.8 Å². The minimum absolute atomic E-state index is 0.673. The van der Waals surface area contributed by atoms with E-state index in [9.17, 15) is 0 Å². The van der Waals surface area contributed by atoms with Gasteiger partial charge in [-0.2, -0.15) is 0 Å². The van der Waals surface area contributed by atoms with Crippen LogP contribution in [0.4, 0.5) is 5.69 Å². The molecule has 0 radical (unpaired) electrons. The van der Waals surface area contributed by atoms with E-state index in [1.165, 1.54) is 0 Å². The Labute approximate surface area is 140 Å². The first kappa shape index (κ1) is 14.5. The predicted octanol–water partition coefficient (Wildman–Crippen LogP) is 5.74. The minimum atomic E-state index is 0.673. The number of aliphatic imine (C=N–C) groups is 1. The van der Waals surface area contributed by atoms with Gasteiger partial charge in [0.1, 0.15) is 16.9 Å². The van der Waals surface area contributed by atoms with Gasteiger partial charge in [-0.05, 0) is 61.0 Å². The van der Waals surface area contributed by atoms with E-state index in [-0.39, 0.29) is 0 Å². The van der Waals surface area contributed by atoms with Crippen molar-refractivity contribution >= 4 is 33.8 Å². The van der Waals surface area contributed by atoms with Gasteiger partial charge in [0, 0.05) is 17.0 Å². The van der Waals surface area contributed by atoms with Gasteiger partial charge < -0.3 is 9.15 Å². The molecule has 0 N–H and O–H groups in total. The maximum absolute atomic E-state index is 5.84. The molecule has 4 rings (SSSR count).